The molecule has 6 heteroatoms. The van der Waals surface area contributed by atoms with Crippen LogP contribution in [0, 0.1) is 0 Å². The molecule has 1 aliphatic heterocycles. The molecule has 1 aromatic rings. The Morgan fingerprint density at radius 1 is 1.32 bits per heavy atom. The lowest BCUT2D eigenvalue weighted by molar-refractivity contribution is -0.159. The van der Waals surface area contributed by atoms with Crippen molar-refractivity contribution in [1.82, 2.24) is 4.90 Å². The molecule has 1 radical (unpaired) electrons. The summed E-state index contributed by atoms with van der Waals surface area (Å²) < 4.78 is 5.41. The molecule has 0 aliphatic carbocycles. The van der Waals surface area contributed by atoms with E-state index in [1.165, 1.54) is 11.0 Å². The van der Waals surface area contributed by atoms with Crippen LogP contribution in [0.4, 0.5) is 10.5 Å². The highest BCUT2D eigenvalue weighted by Gasteiger charge is 2.37. The number of para-hydroxylation sites is 1. The van der Waals surface area contributed by atoms with Gasteiger partial charge in [-0.1, -0.05) is 18.2 Å². The molecule has 1 aromatic carbocycles. The second-order valence-electron chi connectivity index (χ2n) is 6.85. The number of likely N-dealkylation sites (tertiary alicyclic amines) is 1. The number of hydrogen-bond acceptors (Lipinski definition) is 4. The fraction of sp³-hybridized carbons (Fsp3) is 0.421. The van der Waals surface area contributed by atoms with E-state index in [0.29, 0.717) is 24.2 Å². The van der Waals surface area contributed by atoms with E-state index in [9.17, 15) is 14.4 Å². The Hall–Kier alpha value is -2.63. The number of urea groups is 1. The number of allylic oxidation sites excluding steroid dienone is 1. The van der Waals surface area contributed by atoms with E-state index in [2.05, 4.69) is 5.32 Å². The molecule has 0 bridgehead atoms. The molecule has 1 saturated heterocycles. The smallest absolute Gasteiger partial charge is 0.329 e. The summed E-state index contributed by atoms with van der Waals surface area (Å²) in [5.74, 6) is -0.385. The third-order valence-corrected chi connectivity index (χ3v) is 3.73. The predicted molar refractivity (Wildman–Crippen MR) is 95.8 cm³/mol. The molecule has 1 atom stereocenters. The molecule has 1 aliphatic rings. The first kappa shape index (κ1) is 18.7. The van der Waals surface area contributed by atoms with E-state index in [0.717, 1.165) is 6.42 Å². The summed E-state index contributed by atoms with van der Waals surface area (Å²) in [6.07, 6.45) is 5.82. The van der Waals surface area contributed by atoms with Crippen molar-refractivity contribution in [2.75, 3.05) is 11.9 Å². The minimum atomic E-state index is -0.593. The van der Waals surface area contributed by atoms with Crippen LogP contribution in [0.2, 0.25) is 0 Å². The lowest BCUT2D eigenvalue weighted by atomic mass is 10.1. The summed E-state index contributed by atoms with van der Waals surface area (Å²) >= 11 is 0. The minimum Gasteiger partial charge on any atom is -0.458 e. The van der Waals surface area contributed by atoms with E-state index in [4.69, 9.17) is 4.74 Å². The van der Waals surface area contributed by atoms with Crippen LogP contribution in [0.1, 0.15) is 39.2 Å². The number of nitrogens with one attached hydrogen (secondary N) is 1. The van der Waals surface area contributed by atoms with Gasteiger partial charge in [-0.05, 0) is 57.4 Å². The van der Waals surface area contributed by atoms with E-state index < -0.39 is 11.6 Å². The number of benzene rings is 1. The van der Waals surface area contributed by atoms with Crippen LogP contribution >= 0.6 is 0 Å². The average molecular weight is 343 g/mol. The number of ether oxygens (including phenoxy) is 1. The maximum absolute atomic E-state index is 12.6. The van der Waals surface area contributed by atoms with Crippen LogP contribution in [0.5, 0.6) is 0 Å². The summed E-state index contributed by atoms with van der Waals surface area (Å²) in [5.41, 5.74) is 0.658. The Kier molecular flexibility index (Phi) is 5.96. The van der Waals surface area contributed by atoms with Gasteiger partial charge in [0.25, 0.3) is 0 Å². The van der Waals surface area contributed by atoms with E-state index in [-0.39, 0.29) is 12.0 Å². The summed E-state index contributed by atoms with van der Waals surface area (Å²) in [6, 6.07) is 6.17. The third-order valence-electron chi connectivity index (χ3n) is 3.73. The van der Waals surface area contributed by atoms with Crippen molar-refractivity contribution in [3.05, 3.63) is 35.9 Å². The van der Waals surface area contributed by atoms with Crippen molar-refractivity contribution in [2.24, 2.45) is 0 Å². The van der Waals surface area contributed by atoms with Gasteiger partial charge in [-0.2, -0.15) is 0 Å². The van der Waals surface area contributed by atoms with Crippen LogP contribution in [0.15, 0.2) is 30.3 Å². The van der Waals surface area contributed by atoms with Crippen molar-refractivity contribution in [3.63, 3.8) is 0 Å². The fourth-order valence-corrected chi connectivity index (χ4v) is 2.69. The zero-order valence-corrected chi connectivity index (χ0v) is 14.7. The van der Waals surface area contributed by atoms with Gasteiger partial charge in [0.05, 0.1) is 0 Å². The Bertz CT molecular complexity index is 676. The van der Waals surface area contributed by atoms with Crippen LogP contribution in [0.3, 0.4) is 0 Å². The molecule has 0 aromatic heterocycles. The van der Waals surface area contributed by atoms with E-state index in [1.54, 1.807) is 57.4 Å². The lowest BCUT2D eigenvalue weighted by Gasteiger charge is -2.27. The minimum absolute atomic E-state index is 0.357. The zero-order valence-electron chi connectivity index (χ0n) is 14.7. The highest BCUT2D eigenvalue weighted by molar-refractivity contribution is 5.95. The third kappa shape index (κ3) is 5.17. The summed E-state index contributed by atoms with van der Waals surface area (Å²) in [5, 5.41) is 2.81. The first-order valence-electron chi connectivity index (χ1n) is 8.25. The van der Waals surface area contributed by atoms with E-state index >= 15 is 0 Å². The summed E-state index contributed by atoms with van der Waals surface area (Å²) in [4.78, 5) is 36.9. The van der Waals surface area contributed by atoms with Crippen molar-refractivity contribution in [3.8, 4) is 0 Å². The van der Waals surface area contributed by atoms with Gasteiger partial charge in [-0.3, -0.25) is 4.79 Å². The molecule has 1 unspecified atom stereocenters. The van der Waals surface area contributed by atoms with Gasteiger partial charge in [-0.15, -0.1) is 0 Å². The number of rotatable bonds is 4. The Labute approximate surface area is 147 Å². The Balaban J connectivity index is 2.11. The highest BCUT2D eigenvalue weighted by Crippen LogP contribution is 2.23. The normalized spacial score (nSPS) is 17.6. The summed E-state index contributed by atoms with van der Waals surface area (Å²) in [7, 11) is 0. The molecular formula is C19H23N2O4. The van der Waals surface area contributed by atoms with Gasteiger partial charge in [0.2, 0.25) is 6.29 Å². The summed E-state index contributed by atoms with van der Waals surface area (Å²) in [6.45, 7) is 5.90. The van der Waals surface area contributed by atoms with Gasteiger partial charge in [0.1, 0.15) is 11.6 Å². The molecule has 1 N–H and O–H groups in total. The first-order valence-corrected chi connectivity index (χ1v) is 8.25. The van der Waals surface area contributed by atoms with Gasteiger partial charge in [-0.25, -0.2) is 9.59 Å². The topological polar surface area (TPSA) is 75.7 Å². The molecular weight excluding hydrogens is 320 g/mol. The van der Waals surface area contributed by atoms with Crippen LogP contribution in [-0.2, 0) is 14.3 Å². The van der Waals surface area contributed by atoms with Crippen molar-refractivity contribution < 1.29 is 19.1 Å². The Morgan fingerprint density at radius 3 is 2.72 bits per heavy atom. The molecule has 6 nitrogen and oxygen atoms in total. The van der Waals surface area contributed by atoms with Crippen molar-refractivity contribution in [1.29, 1.82) is 0 Å². The average Bonchev–Trinajstić information content (AvgIpc) is 3.02. The maximum atomic E-state index is 12.6. The molecule has 0 spiro atoms. The quantitative estimate of drug-likeness (QED) is 0.673. The molecule has 1 fully saturated rings. The van der Waals surface area contributed by atoms with E-state index in [1.807, 2.05) is 0 Å². The monoisotopic (exact) mass is 343 g/mol. The number of esters is 1. The molecule has 2 rings (SSSR count). The number of carbonyl (C=O) groups excluding carboxylic acids is 3. The maximum Gasteiger partial charge on any atom is 0.329 e. The van der Waals surface area contributed by atoms with Gasteiger partial charge >= 0.3 is 12.0 Å². The molecule has 133 valence electrons. The van der Waals surface area contributed by atoms with Crippen molar-refractivity contribution >= 4 is 30.0 Å². The first-order chi connectivity index (χ1) is 11.8. The lowest BCUT2D eigenvalue weighted by Crippen LogP contribution is -2.45. The second kappa shape index (κ2) is 7.96. The number of hydrogen-bond donors (Lipinski definition) is 1. The van der Waals surface area contributed by atoms with Gasteiger partial charge < -0.3 is 15.0 Å². The van der Waals surface area contributed by atoms with Gasteiger partial charge in [0.15, 0.2) is 0 Å². The highest BCUT2D eigenvalue weighted by atomic mass is 16.6. The number of carbonyl (C=O) groups is 2. The Morgan fingerprint density at radius 2 is 2.04 bits per heavy atom. The molecule has 0 saturated carbocycles. The second-order valence-corrected chi connectivity index (χ2v) is 6.85. The molecule has 1 heterocycles. The van der Waals surface area contributed by atoms with Gasteiger partial charge in [0, 0.05) is 12.2 Å². The molecule has 25 heavy (non-hydrogen) atoms. The predicted octanol–water partition coefficient (Wildman–Crippen LogP) is 3.15. The molecule has 2 amide bonds. The largest absolute Gasteiger partial charge is 0.458 e. The SMILES string of the molecule is CC(C)(C)OC(=O)C1CCCN1C(=O)Nc1ccccc1/C=C/[C]=O. The van der Waals surface area contributed by atoms with Crippen LogP contribution in [-0.4, -0.2) is 41.4 Å². The fourth-order valence-electron chi connectivity index (χ4n) is 2.69. The number of anilines is 1. The van der Waals surface area contributed by atoms with Crippen LogP contribution in [0.25, 0.3) is 6.08 Å². The number of nitrogens with zero attached hydrogens (tertiary/aromatic N) is 1. The zero-order chi connectivity index (χ0) is 18.4. The number of amides is 2. The van der Waals surface area contributed by atoms with Crippen LogP contribution < -0.4 is 5.32 Å². The standard InChI is InChI=1S/C19H23N2O4/c1-19(2,3)25-17(23)16-11-6-12-21(16)18(24)20-15-10-5-4-8-14(15)9-7-13-22/h4-5,7-10,16H,6,11-12H2,1-3H3,(H,20,24)/b9-7+. The van der Waals surface area contributed by atoms with Crippen molar-refractivity contribution in [2.45, 2.75) is 45.3 Å².